The lowest BCUT2D eigenvalue weighted by atomic mass is 10.2. The summed E-state index contributed by atoms with van der Waals surface area (Å²) in [7, 11) is 0. The van der Waals surface area contributed by atoms with Crippen molar-refractivity contribution in [2.45, 2.75) is 24.9 Å². The van der Waals surface area contributed by atoms with Crippen LogP contribution in [-0.2, 0) is 0 Å². The summed E-state index contributed by atoms with van der Waals surface area (Å²) < 4.78 is 65.9. The maximum absolute atomic E-state index is 11.0. The van der Waals surface area contributed by atoms with Gasteiger partial charge in [0.25, 0.3) is 0 Å². The molecule has 0 saturated carbocycles. The van der Waals surface area contributed by atoms with Crippen molar-refractivity contribution in [1.82, 2.24) is 4.90 Å². The van der Waals surface area contributed by atoms with Crippen LogP contribution in [0.3, 0.4) is 0 Å². The first kappa shape index (κ1) is 15.8. The number of aliphatic hydroxyl groups excluding tert-OH is 1. The lowest BCUT2D eigenvalue weighted by molar-refractivity contribution is -0.308. The van der Waals surface area contributed by atoms with Crippen LogP contribution in [0, 0.1) is 0 Å². The molecule has 1 aliphatic heterocycles. The number of amides is 1. The van der Waals surface area contributed by atoms with Crippen molar-refractivity contribution < 1.29 is 41.4 Å². The predicted molar refractivity (Wildman–Crippen MR) is 42.3 cm³/mol. The highest BCUT2D eigenvalue weighted by molar-refractivity contribution is 5.65. The normalized spacial score (nSPS) is 16.1. The number of hydrogen-bond acceptors (Lipinski definition) is 2. The van der Waals surface area contributed by atoms with E-state index in [1.165, 1.54) is 4.90 Å². The number of hydrogen-bond donors (Lipinski definition) is 2. The number of alkyl halides is 6. The van der Waals surface area contributed by atoms with E-state index in [0.29, 0.717) is 0 Å². The minimum absolute atomic E-state index is 0.731. The number of halogens is 6. The summed E-state index contributed by atoms with van der Waals surface area (Å²) in [4.78, 5) is 11.3. The van der Waals surface area contributed by atoms with Gasteiger partial charge in [-0.1, -0.05) is 0 Å². The third-order valence-corrected chi connectivity index (χ3v) is 1.75. The Bertz CT molecular complexity index is 245. The molecule has 0 aromatic heterocycles. The Labute approximate surface area is 91.4 Å². The van der Waals surface area contributed by atoms with Gasteiger partial charge in [-0.05, 0) is 6.42 Å². The standard InChI is InChI=1S/C4H7NO2.C3H2F6O/c6-4(7)5-2-1-3-5;4-2(5,6)1(10)3(7,8)9/h1-3H2,(H,6,7);1,10H. The number of carbonyl (C=O) groups is 1. The lowest BCUT2D eigenvalue weighted by Gasteiger charge is -2.27. The van der Waals surface area contributed by atoms with Gasteiger partial charge in [-0.2, -0.15) is 26.3 Å². The van der Waals surface area contributed by atoms with Gasteiger partial charge in [-0.15, -0.1) is 0 Å². The van der Waals surface area contributed by atoms with Gasteiger partial charge < -0.3 is 15.1 Å². The van der Waals surface area contributed by atoms with Crippen molar-refractivity contribution in [1.29, 1.82) is 0 Å². The number of rotatable bonds is 0. The van der Waals surface area contributed by atoms with Crippen molar-refractivity contribution in [3.8, 4) is 0 Å². The first-order valence-corrected chi connectivity index (χ1v) is 4.25. The van der Waals surface area contributed by atoms with Crippen LogP contribution in [0.1, 0.15) is 6.42 Å². The molecule has 10 heteroatoms. The molecule has 0 aromatic rings. The van der Waals surface area contributed by atoms with E-state index in [-0.39, 0.29) is 0 Å². The summed E-state index contributed by atoms with van der Waals surface area (Å²) in [6.07, 6.45) is -15.2. The van der Waals surface area contributed by atoms with E-state index in [1.807, 2.05) is 0 Å². The predicted octanol–water partition coefficient (Wildman–Crippen LogP) is 1.84. The zero-order chi connectivity index (χ0) is 13.9. The number of likely N-dealkylation sites (tertiary alicyclic amines) is 1. The van der Waals surface area contributed by atoms with Gasteiger partial charge in [-0.25, -0.2) is 4.79 Å². The summed E-state index contributed by atoms with van der Waals surface area (Å²) in [5, 5.41) is 15.6. The second-order valence-corrected chi connectivity index (χ2v) is 3.11. The average Bonchev–Trinajstić information content (AvgIpc) is 1.95. The van der Waals surface area contributed by atoms with Crippen LogP contribution >= 0.6 is 0 Å². The quantitative estimate of drug-likeness (QED) is 0.660. The molecule has 0 bridgehead atoms. The first-order valence-electron chi connectivity index (χ1n) is 4.25. The van der Waals surface area contributed by atoms with Gasteiger partial charge in [0.2, 0.25) is 6.10 Å². The van der Waals surface area contributed by atoms with E-state index < -0.39 is 24.5 Å². The minimum Gasteiger partial charge on any atom is -0.465 e. The van der Waals surface area contributed by atoms with Gasteiger partial charge in [0.15, 0.2) is 0 Å². The van der Waals surface area contributed by atoms with Crippen LogP contribution in [0.5, 0.6) is 0 Å². The Kier molecular flexibility index (Phi) is 5.05. The summed E-state index contributed by atoms with van der Waals surface area (Å²) in [5.41, 5.74) is 0. The van der Waals surface area contributed by atoms with Crippen molar-refractivity contribution in [3.05, 3.63) is 0 Å². The third kappa shape index (κ3) is 5.61. The van der Waals surface area contributed by atoms with Gasteiger partial charge >= 0.3 is 18.4 Å². The zero-order valence-electron chi connectivity index (χ0n) is 8.22. The minimum atomic E-state index is -5.63. The first-order chi connectivity index (χ1) is 7.46. The maximum Gasteiger partial charge on any atom is 0.423 e. The molecular weight excluding hydrogens is 260 g/mol. The van der Waals surface area contributed by atoms with Crippen LogP contribution in [0.15, 0.2) is 0 Å². The smallest absolute Gasteiger partial charge is 0.423 e. The Morgan fingerprint density at radius 3 is 1.41 bits per heavy atom. The van der Waals surface area contributed by atoms with E-state index in [0.717, 1.165) is 19.5 Å². The molecule has 1 heterocycles. The fourth-order valence-corrected chi connectivity index (χ4v) is 0.693. The van der Waals surface area contributed by atoms with E-state index in [9.17, 15) is 31.1 Å². The lowest BCUT2D eigenvalue weighted by Crippen LogP contribution is -2.41. The van der Waals surface area contributed by atoms with Crippen LogP contribution in [0.2, 0.25) is 0 Å². The van der Waals surface area contributed by atoms with E-state index in [4.69, 9.17) is 10.2 Å². The summed E-state index contributed by atoms with van der Waals surface area (Å²) in [5.74, 6) is 0. The average molecular weight is 269 g/mol. The number of aliphatic hydroxyl groups is 1. The number of carboxylic acid groups (broad SMARTS) is 1. The Balaban J connectivity index is 0.000000318. The van der Waals surface area contributed by atoms with Gasteiger partial charge in [-0.3, -0.25) is 0 Å². The molecule has 4 nitrogen and oxygen atoms in total. The Hall–Kier alpha value is -1.19. The molecule has 0 aliphatic carbocycles. The fraction of sp³-hybridized carbons (Fsp3) is 0.857. The molecule has 0 spiro atoms. The largest absolute Gasteiger partial charge is 0.465 e. The molecule has 1 fully saturated rings. The van der Waals surface area contributed by atoms with Crippen LogP contribution in [0.25, 0.3) is 0 Å². The van der Waals surface area contributed by atoms with Crippen molar-refractivity contribution in [2.24, 2.45) is 0 Å². The molecule has 1 amide bonds. The summed E-state index contributed by atoms with van der Waals surface area (Å²) >= 11 is 0. The second kappa shape index (κ2) is 5.43. The zero-order valence-corrected chi connectivity index (χ0v) is 8.22. The van der Waals surface area contributed by atoms with Gasteiger partial charge in [0, 0.05) is 13.1 Å². The Morgan fingerprint density at radius 2 is 1.41 bits per heavy atom. The van der Waals surface area contributed by atoms with Crippen molar-refractivity contribution in [2.75, 3.05) is 13.1 Å². The molecule has 1 rings (SSSR count). The molecule has 0 unspecified atom stereocenters. The molecule has 0 atom stereocenters. The van der Waals surface area contributed by atoms with Crippen LogP contribution in [0.4, 0.5) is 31.1 Å². The number of nitrogens with zero attached hydrogens (tertiary/aromatic N) is 1. The summed E-state index contributed by atoms with van der Waals surface area (Å²) in [6, 6.07) is 0. The van der Waals surface area contributed by atoms with E-state index in [2.05, 4.69) is 0 Å². The van der Waals surface area contributed by atoms with E-state index >= 15 is 0 Å². The molecule has 17 heavy (non-hydrogen) atoms. The molecule has 1 saturated heterocycles. The molecular formula is C7H9F6NO3. The molecule has 2 N–H and O–H groups in total. The van der Waals surface area contributed by atoms with Crippen LogP contribution < -0.4 is 0 Å². The van der Waals surface area contributed by atoms with Crippen molar-refractivity contribution in [3.63, 3.8) is 0 Å². The molecule has 102 valence electrons. The fourth-order valence-electron chi connectivity index (χ4n) is 0.693. The third-order valence-electron chi connectivity index (χ3n) is 1.75. The highest BCUT2D eigenvalue weighted by Gasteiger charge is 2.55. The second-order valence-electron chi connectivity index (χ2n) is 3.11. The van der Waals surface area contributed by atoms with Gasteiger partial charge in [0.05, 0.1) is 0 Å². The summed E-state index contributed by atoms with van der Waals surface area (Å²) in [6.45, 7) is 1.46. The maximum atomic E-state index is 11.0. The monoisotopic (exact) mass is 269 g/mol. The van der Waals surface area contributed by atoms with Crippen LogP contribution in [-0.4, -0.2) is 52.8 Å². The highest BCUT2D eigenvalue weighted by atomic mass is 19.4. The molecule has 0 aromatic carbocycles. The Morgan fingerprint density at radius 1 is 1.06 bits per heavy atom. The van der Waals surface area contributed by atoms with Crippen molar-refractivity contribution >= 4 is 6.09 Å². The van der Waals surface area contributed by atoms with E-state index in [1.54, 1.807) is 0 Å². The highest BCUT2D eigenvalue weighted by Crippen LogP contribution is 2.32. The SMILES string of the molecule is O=C(O)N1CCC1.OC(C(F)(F)F)C(F)(F)F. The van der Waals surface area contributed by atoms with Gasteiger partial charge in [0.1, 0.15) is 0 Å². The topological polar surface area (TPSA) is 60.8 Å². The molecule has 0 radical (unpaired) electrons. The molecule has 1 aliphatic rings.